The van der Waals surface area contributed by atoms with Crippen molar-refractivity contribution < 1.29 is 9.90 Å². The standard InChI is InChI=1S/C12H18N4O2/c1-8-7-16(5-3-11(8)17)12(18)9-6-14-4-2-10(9)15-13/h2,4,6,8,11,17H,3,5,7,13H2,1H3,(H,14,15). The number of nitrogen functional groups attached to an aromatic ring is 1. The first-order valence-electron chi connectivity index (χ1n) is 6.01. The zero-order chi connectivity index (χ0) is 13.1. The zero-order valence-electron chi connectivity index (χ0n) is 10.3. The summed E-state index contributed by atoms with van der Waals surface area (Å²) in [6, 6.07) is 1.66. The minimum Gasteiger partial charge on any atom is -0.393 e. The minimum atomic E-state index is -0.324. The van der Waals surface area contributed by atoms with Crippen LogP contribution in [-0.2, 0) is 0 Å². The molecule has 1 amide bonds. The van der Waals surface area contributed by atoms with Crippen molar-refractivity contribution in [2.24, 2.45) is 11.8 Å². The van der Waals surface area contributed by atoms with E-state index in [2.05, 4.69) is 10.4 Å². The number of likely N-dealkylation sites (tertiary alicyclic amines) is 1. The molecule has 0 aliphatic carbocycles. The van der Waals surface area contributed by atoms with Crippen LogP contribution in [-0.4, -0.2) is 40.1 Å². The molecule has 98 valence electrons. The van der Waals surface area contributed by atoms with E-state index in [9.17, 15) is 9.90 Å². The lowest BCUT2D eigenvalue weighted by molar-refractivity contribution is 0.0298. The summed E-state index contributed by atoms with van der Waals surface area (Å²) in [5.41, 5.74) is 3.52. The van der Waals surface area contributed by atoms with Gasteiger partial charge in [0.15, 0.2) is 0 Å². The fourth-order valence-corrected chi connectivity index (χ4v) is 2.18. The van der Waals surface area contributed by atoms with Crippen LogP contribution in [0.15, 0.2) is 18.5 Å². The third-order valence-corrected chi connectivity index (χ3v) is 3.35. The highest BCUT2D eigenvalue weighted by molar-refractivity contribution is 5.99. The number of aromatic nitrogens is 1. The molecule has 1 aromatic rings. The van der Waals surface area contributed by atoms with Crippen LogP contribution in [0.1, 0.15) is 23.7 Å². The molecule has 0 aromatic carbocycles. The molecular formula is C12H18N4O2. The molecule has 1 aliphatic rings. The van der Waals surface area contributed by atoms with E-state index >= 15 is 0 Å². The van der Waals surface area contributed by atoms with Gasteiger partial charge in [0.2, 0.25) is 0 Å². The van der Waals surface area contributed by atoms with Crippen molar-refractivity contribution in [1.82, 2.24) is 9.88 Å². The maximum absolute atomic E-state index is 12.3. The van der Waals surface area contributed by atoms with Gasteiger partial charge in [0.05, 0.1) is 17.4 Å². The second kappa shape index (κ2) is 5.32. The Morgan fingerprint density at radius 1 is 1.67 bits per heavy atom. The second-order valence-electron chi connectivity index (χ2n) is 4.65. The van der Waals surface area contributed by atoms with E-state index in [1.165, 1.54) is 6.20 Å². The summed E-state index contributed by atoms with van der Waals surface area (Å²) in [6.45, 7) is 3.05. The van der Waals surface area contributed by atoms with E-state index < -0.39 is 0 Å². The van der Waals surface area contributed by atoms with E-state index in [1.54, 1.807) is 17.2 Å². The lowest BCUT2D eigenvalue weighted by Crippen LogP contribution is -2.45. The lowest BCUT2D eigenvalue weighted by Gasteiger charge is -2.34. The Hall–Kier alpha value is -1.66. The van der Waals surface area contributed by atoms with Crippen LogP contribution >= 0.6 is 0 Å². The molecule has 18 heavy (non-hydrogen) atoms. The quantitative estimate of drug-likeness (QED) is 0.515. The normalized spacial score (nSPS) is 23.8. The maximum atomic E-state index is 12.3. The predicted octanol–water partition coefficient (Wildman–Crippen LogP) is 0.210. The Balaban J connectivity index is 2.16. The van der Waals surface area contributed by atoms with Crippen LogP contribution in [0.3, 0.4) is 0 Å². The van der Waals surface area contributed by atoms with E-state index in [0.717, 1.165) is 0 Å². The summed E-state index contributed by atoms with van der Waals surface area (Å²) < 4.78 is 0. The van der Waals surface area contributed by atoms with Gasteiger partial charge in [-0.05, 0) is 18.4 Å². The zero-order valence-corrected chi connectivity index (χ0v) is 10.3. The molecule has 6 heteroatoms. The number of amides is 1. The Bertz CT molecular complexity index is 438. The number of carbonyl (C=O) groups excluding carboxylic acids is 1. The third kappa shape index (κ3) is 2.44. The topological polar surface area (TPSA) is 91.5 Å². The van der Waals surface area contributed by atoms with Gasteiger partial charge < -0.3 is 15.4 Å². The Kier molecular flexibility index (Phi) is 3.78. The van der Waals surface area contributed by atoms with E-state index in [4.69, 9.17) is 5.84 Å². The molecule has 1 saturated heterocycles. The Morgan fingerprint density at radius 3 is 3.11 bits per heavy atom. The number of carbonyl (C=O) groups is 1. The number of hydrazine groups is 1. The van der Waals surface area contributed by atoms with Crippen molar-refractivity contribution in [2.45, 2.75) is 19.4 Å². The summed E-state index contributed by atoms with van der Waals surface area (Å²) in [4.78, 5) is 18.0. The number of rotatable bonds is 2. The molecule has 2 atom stereocenters. The van der Waals surface area contributed by atoms with E-state index in [0.29, 0.717) is 30.8 Å². The van der Waals surface area contributed by atoms with Crippen molar-refractivity contribution in [2.75, 3.05) is 18.5 Å². The van der Waals surface area contributed by atoms with Crippen molar-refractivity contribution in [1.29, 1.82) is 0 Å². The molecule has 4 N–H and O–H groups in total. The Morgan fingerprint density at radius 2 is 2.44 bits per heavy atom. The predicted molar refractivity (Wildman–Crippen MR) is 67.7 cm³/mol. The first kappa shape index (κ1) is 12.8. The number of nitrogens with two attached hydrogens (primary N) is 1. The number of aliphatic hydroxyl groups excluding tert-OH is 1. The number of aliphatic hydroxyl groups is 1. The van der Waals surface area contributed by atoms with Gasteiger partial charge in [0.1, 0.15) is 0 Å². The monoisotopic (exact) mass is 250 g/mol. The van der Waals surface area contributed by atoms with Crippen molar-refractivity contribution in [3.05, 3.63) is 24.0 Å². The van der Waals surface area contributed by atoms with Crippen LogP contribution in [0, 0.1) is 5.92 Å². The third-order valence-electron chi connectivity index (χ3n) is 3.35. The molecule has 1 aliphatic heterocycles. The van der Waals surface area contributed by atoms with Crippen molar-refractivity contribution in [3.8, 4) is 0 Å². The molecular weight excluding hydrogens is 232 g/mol. The number of nitrogens with one attached hydrogen (secondary N) is 1. The van der Waals surface area contributed by atoms with Crippen LogP contribution in [0.5, 0.6) is 0 Å². The van der Waals surface area contributed by atoms with Gasteiger partial charge in [-0.3, -0.25) is 15.6 Å². The first-order chi connectivity index (χ1) is 8.63. The number of piperidine rings is 1. The average molecular weight is 250 g/mol. The van der Waals surface area contributed by atoms with Crippen LogP contribution < -0.4 is 11.3 Å². The minimum absolute atomic E-state index is 0.0913. The molecule has 2 rings (SSSR count). The molecule has 0 bridgehead atoms. The Labute approximate surface area is 106 Å². The maximum Gasteiger partial charge on any atom is 0.257 e. The molecule has 0 saturated carbocycles. The summed E-state index contributed by atoms with van der Waals surface area (Å²) >= 11 is 0. The number of nitrogens with zero attached hydrogens (tertiary/aromatic N) is 2. The molecule has 2 unspecified atom stereocenters. The van der Waals surface area contributed by atoms with Gasteiger partial charge >= 0.3 is 0 Å². The molecule has 0 spiro atoms. The number of anilines is 1. The highest BCUT2D eigenvalue weighted by Gasteiger charge is 2.28. The number of hydrogen-bond donors (Lipinski definition) is 3. The summed E-state index contributed by atoms with van der Waals surface area (Å²) in [5.74, 6) is 5.37. The van der Waals surface area contributed by atoms with Crippen LogP contribution in [0.25, 0.3) is 0 Å². The second-order valence-corrected chi connectivity index (χ2v) is 4.65. The van der Waals surface area contributed by atoms with E-state index in [1.807, 2.05) is 6.92 Å². The van der Waals surface area contributed by atoms with E-state index in [-0.39, 0.29) is 17.9 Å². The molecule has 2 heterocycles. The number of pyridine rings is 1. The molecule has 1 fully saturated rings. The summed E-state index contributed by atoms with van der Waals surface area (Å²) in [7, 11) is 0. The average Bonchev–Trinajstić information content (AvgIpc) is 2.41. The highest BCUT2D eigenvalue weighted by Crippen LogP contribution is 2.21. The van der Waals surface area contributed by atoms with Gasteiger partial charge in [-0.25, -0.2) is 0 Å². The van der Waals surface area contributed by atoms with Gasteiger partial charge in [0, 0.05) is 25.5 Å². The van der Waals surface area contributed by atoms with Crippen LogP contribution in [0.2, 0.25) is 0 Å². The van der Waals surface area contributed by atoms with Crippen molar-refractivity contribution in [3.63, 3.8) is 0 Å². The van der Waals surface area contributed by atoms with Crippen molar-refractivity contribution >= 4 is 11.6 Å². The van der Waals surface area contributed by atoms with Gasteiger partial charge in [-0.1, -0.05) is 6.92 Å². The first-order valence-corrected chi connectivity index (χ1v) is 6.01. The highest BCUT2D eigenvalue weighted by atomic mass is 16.3. The summed E-state index contributed by atoms with van der Waals surface area (Å²) in [6.07, 6.45) is 3.37. The lowest BCUT2D eigenvalue weighted by atomic mass is 9.96. The molecule has 6 nitrogen and oxygen atoms in total. The fraction of sp³-hybridized carbons (Fsp3) is 0.500. The fourth-order valence-electron chi connectivity index (χ4n) is 2.18. The molecule has 1 aromatic heterocycles. The smallest absolute Gasteiger partial charge is 0.257 e. The van der Waals surface area contributed by atoms with Gasteiger partial charge in [-0.2, -0.15) is 0 Å². The molecule has 0 radical (unpaired) electrons. The van der Waals surface area contributed by atoms with Crippen LogP contribution in [0.4, 0.5) is 5.69 Å². The summed E-state index contributed by atoms with van der Waals surface area (Å²) in [5, 5.41) is 9.67. The number of hydrogen-bond acceptors (Lipinski definition) is 5. The largest absolute Gasteiger partial charge is 0.393 e. The SMILES string of the molecule is CC1CN(C(=O)c2cnccc2NN)CCC1O. The van der Waals surface area contributed by atoms with Gasteiger partial charge in [-0.15, -0.1) is 0 Å². The van der Waals surface area contributed by atoms with Gasteiger partial charge in [0.25, 0.3) is 5.91 Å².